The largest absolute Gasteiger partial charge is 0.453 e. The van der Waals surface area contributed by atoms with Crippen molar-refractivity contribution in [3.05, 3.63) is 30.2 Å². The number of nitrogens with zero attached hydrogens (tertiary/aromatic N) is 7. The summed E-state index contributed by atoms with van der Waals surface area (Å²) in [4.78, 5) is 11.2. The summed E-state index contributed by atoms with van der Waals surface area (Å²) in [6.45, 7) is 2.85. The summed E-state index contributed by atoms with van der Waals surface area (Å²) < 4.78 is 40.9. The number of hydrogen-bond donors (Lipinski definition) is 1. The summed E-state index contributed by atoms with van der Waals surface area (Å²) in [5.41, 5.74) is 0.553. The van der Waals surface area contributed by atoms with Crippen LogP contribution in [-0.4, -0.2) is 40.9 Å². The van der Waals surface area contributed by atoms with Crippen LogP contribution in [-0.2, 0) is 12.7 Å². The zero-order valence-corrected chi connectivity index (χ0v) is 12.1. The highest BCUT2D eigenvalue weighted by Crippen LogP contribution is 2.27. The predicted octanol–water partition coefficient (Wildman–Crippen LogP) is 1.55. The maximum atomic E-state index is 12.7. The maximum absolute atomic E-state index is 12.7. The monoisotopic (exact) mass is 326 g/mol. The number of halogens is 3. The van der Waals surface area contributed by atoms with Crippen LogP contribution in [0.5, 0.6) is 0 Å². The van der Waals surface area contributed by atoms with Crippen LogP contribution in [0, 0.1) is 6.92 Å². The van der Waals surface area contributed by atoms with Crippen LogP contribution in [0.4, 0.5) is 19.0 Å². The molecule has 0 amide bonds. The molecular formula is C12H13F3N8. The first kappa shape index (κ1) is 15.2. The molecule has 0 bridgehead atoms. The molecule has 122 valence electrons. The lowest BCUT2D eigenvalue weighted by atomic mass is 10.4. The predicted molar refractivity (Wildman–Crippen MR) is 73.6 cm³/mol. The fourth-order valence-corrected chi connectivity index (χ4v) is 2.04. The zero-order valence-electron chi connectivity index (χ0n) is 12.1. The van der Waals surface area contributed by atoms with Crippen molar-refractivity contribution in [1.82, 2.24) is 34.3 Å². The molecule has 1 N–H and O–H groups in total. The Bertz CT molecular complexity index is 793. The van der Waals surface area contributed by atoms with Crippen molar-refractivity contribution in [3.63, 3.8) is 0 Å². The lowest BCUT2D eigenvalue weighted by Gasteiger charge is -2.08. The first-order valence-electron chi connectivity index (χ1n) is 6.81. The molecule has 8 nitrogen and oxygen atoms in total. The highest BCUT2D eigenvalue weighted by atomic mass is 19.4. The molecular weight excluding hydrogens is 313 g/mol. The van der Waals surface area contributed by atoms with E-state index >= 15 is 0 Å². The Balaban J connectivity index is 1.75. The van der Waals surface area contributed by atoms with Gasteiger partial charge in [-0.1, -0.05) is 0 Å². The average Bonchev–Trinajstić information content (AvgIpc) is 3.11. The average molecular weight is 326 g/mol. The van der Waals surface area contributed by atoms with Gasteiger partial charge in [0.25, 0.3) is 11.6 Å². The minimum Gasteiger partial charge on any atom is -0.370 e. The molecule has 0 aliphatic heterocycles. The van der Waals surface area contributed by atoms with Crippen molar-refractivity contribution in [1.29, 1.82) is 0 Å². The summed E-state index contributed by atoms with van der Waals surface area (Å²) in [5, 5.41) is 10.5. The minimum atomic E-state index is -4.61. The number of aryl methyl sites for hydroxylation is 2. The van der Waals surface area contributed by atoms with E-state index in [1.54, 1.807) is 24.0 Å². The van der Waals surface area contributed by atoms with Crippen molar-refractivity contribution in [3.8, 4) is 0 Å². The quantitative estimate of drug-likeness (QED) is 0.716. The van der Waals surface area contributed by atoms with Crippen LogP contribution in [0.3, 0.4) is 0 Å². The molecule has 3 aromatic rings. The molecule has 0 spiro atoms. The van der Waals surface area contributed by atoms with Gasteiger partial charge in [-0.2, -0.15) is 27.8 Å². The number of rotatable bonds is 5. The van der Waals surface area contributed by atoms with Gasteiger partial charge >= 0.3 is 6.18 Å². The Morgan fingerprint density at radius 2 is 2.09 bits per heavy atom. The number of fused-ring (bicyclic) bond motifs is 1. The van der Waals surface area contributed by atoms with Gasteiger partial charge in [0.2, 0.25) is 0 Å². The molecule has 0 radical (unpaired) electrons. The molecule has 0 atom stereocenters. The smallest absolute Gasteiger partial charge is 0.370 e. The van der Waals surface area contributed by atoms with Gasteiger partial charge in [0.1, 0.15) is 18.5 Å². The molecule has 11 heteroatoms. The Hall–Kier alpha value is -2.72. The molecule has 0 aromatic carbocycles. The lowest BCUT2D eigenvalue weighted by Crippen LogP contribution is -2.11. The molecule has 23 heavy (non-hydrogen) atoms. The van der Waals surface area contributed by atoms with Crippen LogP contribution < -0.4 is 5.32 Å². The number of anilines is 1. The number of alkyl halides is 3. The van der Waals surface area contributed by atoms with Crippen molar-refractivity contribution < 1.29 is 13.2 Å². The van der Waals surface area contributed by atoms with Gasteiger partial charge in [0, 0.05) is 24.8 Å². The second-order valence-corrected chi connectivity index (χ2v) is 4.87. The molecule has 0 aliphatic rings. The molecule has 3 heterocycles. The lowest BCUT2D eigenvalue weighted by molar-refractivity contribution is -0.144. The third kappa shape index (κ3) is 3.38. The highest BCUT2D eigenvalue weighted by molar-refractivity contribution is 5.45. The van der Waals surface area contributed by atoms with Crippen molar-refractivity contribution in [2.45, 2.75) is 26.1 Å². The van der Waals surface area contributed by atoms with E-state index in [4.69, 9.17) is 0 Å². The Morgan fingerprint density at radius 3 is 2.78 bits per heavy atom. The van der Waals surface area contributed by atoms with Crippen LogP contribution in [0.15, 0.2) is 18.7 Å². The molecule has 3 aromatic heterocycles. The Kier molecular flexibility index (Phi) is 3.84. The van der Waals surface area contributed by atoms with Crippen molar-refractivity contribution in [2.24, 2.45) is 0 Å². The van der Waals surface area contributed by atoms with Crippen LogP contribution >= 0.6 is 0 Å². The van der Waals surface area contributed by atoms with E-state index in [1.165, 1.54) is 6.33 Å². The van der Waals surface area contributed by atoms with Gasteiger partial charge in [-0.05, 0) is 13.3 Å². The second-order valence-electron chi connectivity index (χ2n) is 4.87. The fourth-order valence-electron chi connectivity index (χ4n) is 2.04. The third-order valence-corrected chi connectivity index (χ3v) is 3.03. The SMILES string of the molecule is Cc1cc(NCCCn2cncn2)n2nc(C(F)(F)F)nc2n1. The summed E-state index contributed by atoms with van der Waals surface area (Å²) in [7, 11) is 0. The van der Waals surface area contributed by atoms with Crippen molar-refractivity contribution >= 4 is 11.6 Å². The van der Waals surface area contributed by atoms with E-state index < -0.39 is 12.0 Å². The summed E-state index contributed by atoms with van der Waals surface area (Å²) in [5.74, 6) is -0.883. The number of hydrogen-bond acceptors (Lipinski definition) is 6. The van der Waals surface area contributed by atoms with Gasteiger partial charge in [0.05, 0.1) is 0 Å². The van der Waals surface area contributed by atoms with Gasteiger partial charge in [-0.25, -0.2) is 9.97 Å². The molecule has 0 unspecified atom stereocenters. The van der Waals surface area contributed by atoms with Crippen LogP contribution in [0.25, 0.3) is 5.78 Å². The summed E-state index contributed by atoms with van der Waals surface area (Å²) in [6.07, 6.45) is -0.849. The second kappa shape index (κ2) is 5.82. The zero-order chi connectivity index (χ0) is 16.4. The normalized spacial score (nSPS) is 12.0. The van der Waals surface area contributed by atoms with Crippen molar-refractivity contribution in [2.75, 3.05) is 11.9 Å². The van der Waals surface area contributed by atoms with E-state index in [2.05, 4.69) is 30.5 Å². The van der Waals surface area contributed by atoms with E-state index in [0.717, 1.165) is 4.52 Å². The highest BCUT2D eigenvalue weighted by Gasteiger charge is 2.36. The fraction of sp³-hybridized carbons (Fsp3) is 0.417. The third-order valence-electron chi connectivity index (χ3n) is 3.03. The Labute approximate surface area is 128 Å². The number of aromatic nitrogens is 7. The van der Waals surface area contributed by atoms with E-state index in [1.807, 2.05) is 0 Å². The van der Waals surface area contributed by atoms with Gasteiger partial charge in [-0.15, -0.1) is 5.10 Å². The van der Waals surface area contributed by atoms with E-state index in [-0.39, 0.29) is 5.78 Å². The van der Waals surface area contributed by atoms with Gasteiger partial charge in [-0.3, -0.25) is 4.68 Å². The molecule has 3 rings (SSSR count). The molecule has 0 saturated heterocycles. The first-order chi connectivity index (χ1) is 10.9. The van der Waals surface area contributed by atoms with Crippen LogP contribution in [0.2, 0.25) is 0 Å². The molecule has 0 fully saturated rings. The molecule has 0 aliphatic carbocycles. The van der Waals surface area contributed by atoms with Crippen LogP contribution in [0.1, 0.15) is 17.9 Å². The molecule has 0 saturated carbocycles. The standard InChI is InChI=1S/C12H13F3N8/c1-8-5-9(17-3-2-4-22-7-16-6-18-22)23-11(19-8)20-10(21-23)12(13,14)15/h5-7,17H,2-4H2,1H3. The van der Waals surface area contributed by atoms with Gasteiger partial charge in [0.15, 0.2) is 0 Å². The summed E-state index contributed by atoms with van der Waals surface area (Å²) in [6, 6.07) is 1.62. The van der Waals surface area contributed by atoms with Gasteiger partial charge < -0.3 is 5.32 Å². The minimum absolute atomic E-state index is 0.0869. The topological polar surface area (TPSA) is 85.8 Å². The van der Waals surface area contributed by atoms with E-state index in [0.29, 0.717) is 31.0 Å². The van der Waals surface area contributed by atoms with E-state index in [9.17, 15) is 13.2 Å². The maximum Gasteiger partial charge on any atom is 0.453 e. The first-order valence-corrected chi connectivity index (χ1v) is 6.81. The number of nitrogens with one attached hydrogen (secondary N) is 1. The Morgan fingerprint density at radius 1 is 1.26 bits per heavy atom. The summed E-state index contributed by atoms with van der Waals surface area (Å²) >= 11 is 0.